The van der Waals surface area contributed by atoms with Gasteiger partial charge in [-0.05, 0) is 32.2 Å². The third kappa shape index (κ3) is 2.10. The van der Waals surface area contributed by atoms with Crippen molar-refractivity contribution in [3.8, 4) is 0 Å². The van der Waals surface area contributed by atoms with E-state index in [1.807, 2.05) is 6.92 Å². The molecule has 1 atom stereocenters. The van der Waals surface area contributed by atoms with Gasteiger partial charge in [-0.1, -0.05) is 6.92 Å². The minimum atomic E-state index is -3.08. The third-order valence-electron chi connectivity index (χ3n) is 2.97. The van der Waals surface area contributed by atoms with E-state index in [0.717, 1.165) is 6.42 Å². The van der Waals surface area contributed by atoms with E-state index in [1.54, 1.807) is 18.2 Å². The van der Waals surface area contributed by atoms with Gasteiger partial charge in [-0.3, -0.25) is 0 Å². The number of nitrogens with zero attached hydrogens (tertiary/aromatic N) is 1. The summed E-state index contributed by atoms with van der Waals surface area (Å²) in [6.45, 7) is 7.22. The first-order valence-electron chi connectivity index (χ1n) is 5.01. The molecular formula is C9H20N2O2S. The zero-order valence-electron chi connectivity index (χ0n) is 9.16. The van der Waals surface area contributed by atoms with Crippen LogP contribution in [0.5, 0.6) is 0 Å². The molecule has 1 saturated heterocycles. The van der Waals surface area contributed by atoms with E-state index in [-0.39, 0.29) is 10.7 Å². The van der Waals surface area contributed by atoms with Gasteiger partial charge in [0.15, 0.2) is 0 Å². The fraction of sp³-hybridized carbons (Fsp3) is 1.00. The van der Waals surface area contributed by atoms with Crippen LogP contribution in [-0.2, 0) is 10.0 Å². The van der Waals surface area contributed by atoms with Gasteiger partial charge in [0.25, 0.3) is 0 Å². The van der Waals surface area contributed by atoms with E-state index in [9.17, 15) is 8.42 Å². The molecule has 0 saturated carbocycles. The quantitative estimate of drug-likeness (QED) is 0.748. The van der Waals surface area contributed by atoms with Gasteiger partial charge in [0.1, 0.15) is 0 Å². The fourth-order valence-corrected chi connectivity index (χ4v) is 3.09. The summed E-state index contributed by atoms with van der Waals surface area (Å²) in [6, 6.07) is 0. The molecule has 5 heteroatoms. The zero-order valence-corrected chi connectivity index (χ0v) is 9.97. The summed E-state index contributed by atoms with van der Waals surface area (Å²) in [7, 11) is -3.08. The topological polar surface area (TPSA) is 63.4 Å². The molecule has 0 aromatic carbocycles. The van der Waals surface area contributed by atoms with Crippen LogP contribution < -0.4 is 5.73 Å². The molecule has 1 aliphatic rings. The van der Waals surface area contributed by atoms with Crippen molar-refractivity contribution in [1.82, 2.24) is 4.31 Å². The average Bonchev–Trinajstić information content (AvgIpc) is 2.49. The molecule has 84 valence electrons. The van der Waals surface area contributed by atoms with E-state index in [4.69, 9.17) is 5.73 Å². The van der Waals surface area contributed by atoms with Crippen LogP contribution in [0.15, 0.2) is 0 Å². The fourth-order valence-electron chi connectivity index (χ4n) is 1.66. The van der Waals surface area contributed by atoms with Crippen LogP contribution >= 0.6 is 0 Å². The second kappa shape index (κ2) is 3.79. The lowest BCUT2D eigenvalue weighted by Gasteiger charge is -2.23. The molecule has 0 spiro atoms. The Morgan fingerprint density at radius 2 is 2.07 bits per heavy atom. The van der Waals surface area contributed by atoms with Crippen molar-refractivity contribution in [3.63, 3.8) is 0 Å². The molecule has 2 N–H and O–H groups in total. The van der Waals surface area contributed by atoms with Gasteiger partial charge in [-0.2, -0.15) is 0 Å². The SMILES string of the molecule is CC(C)S(=O)(=O)N1CCC(C)(CN)C1. The van der Waals surface area contributed by atoms with Gasteiger partial charge >= 0.3 is 0 Å². The largest absolute Gasteiger partial charge is 0.330 e. The summed E-state index contributed by atoms with van der Waals surface area (Å²) >= 11 is 0. The predicted octanol–water partition coefficient (Wildman–Crippen LogP) is 0.395. The van der Waals surface area contributed by atoms with Crippen molar-refractivity contribution in [3.05, 3.63) is 0 Å². The van der Waals surface area contributed by atoms with Crippen molar-refractivity contribution in [1.29, 1.82) is 0 Å². The molecule has 0 amide bonds. The molecule has 1 fully saturated rings. The second-order valence-corrected chi connectivity index (χ2v) is 7.18. The highest BCUT2D eigenvalue weighted by atomic mass is 32.2. The van der Waals surface area contributed by atoms with E-state index < -0.39 is 10.0 Å². The lowest BCUT2D eigenvalue weighted by atomic mass is 9.90. The zero-order chi connectivity index (χ0) is 11.0. The van der Waals surface area contributed by atoms with Crippen LogP contribution in [0, 0.1) is 5.41 Å². The van der Waals surface area contributed by atoms with E-state index >= 15 is 0 Å². The molecule has 0 aliphatic carbocycles. The van der Waals surface area contributed by atoms with Crippen LogP contribution in [0.1, 0.15) is 27.2 Å². The van der Waals surface area contributed by atoms with Crippen LogP contribution in [0.3, 0.4) is 0 Å². The third-order valence-corrected chi connectivity index (χ3v) is 5.19. The van der Waals surface area contributed by atoms with Crippen LogP contribution in [0.4, 0.5) is 0 Å². The molecule has 1 unspecified atom stereocenters. The minimum absolute atomic E-state index is 0.0258. The molecule has 0 aromatic heterocycles. The molecule has 0 aromatic rings. The van der Waals surface area contributed by atoms with Gasteiger partial charge in [-0.15, -0.1) is 0 Å². The highest BCUT2D eigenvalue weighted by Gasteiger charge is 2.39. The average molecular weight is 220 g/mol. The molecule has 1 rings (SSSR count). The summed E-state index contributed by atoms with van der Waals surface area (Å²) in [6.07, 6.45) is 0.870. The first-order chi connectivity index (χ1) is 6.32. The number of hydrogen-bond acceptors (Lipinski definition) is 3. The summed E-state index contributed by atoms with van der Waals surface area (Å²) in [5.41, 5.74) is 5.60. The molecule has 0 radical (unpaired) electrons. The summed E-state index contributed by atoms with van der Waals surface area (Å²) in [5, 5.41) is -0.331. The van der Waals surface area contributed by atoms with Crippen molar-refractivity contribution in [2.45, 2.75) is 32.4 Å². The van der Waals surface area contributed by atoms with Crippen molar-refractivity contribution < 1.29 is 8.42 Å². The number of rotatable bonds is 3. The molecular weight excluding hydrogens is 200 g/mol. The molecule has 1 heterocycles. The number of hydrogen-bond donors (Lipinski definition) is 1. The minimum Gasteiger partial charge on any atom is -0.330 e. The first kappa shape index (κ1) is 11.9. The Balaban J connectivity index is 2.77. The van der Waals surface area contributed by atoms with Crippen molar-refractivity contribution in [2.75, 3.05) is 19.6 Å². The van der Waals surface area contributed by atoms with E-state index in [1.165, 1.54) is 0 Å². The Bertz CT molecular complexity index is 300. The maximum Gasteiger partial charge on any atom is 0.216 e. The maximum atomic E-state index is 11.8. The Morgan fingerprint density at radius 1 is 1.50 bits per heavy atom. The van der Waals surface area contributed by atoms with Crippen molar-refractivity contribution >= 4 is 10.0 Å². The Hall–Kier alpha value is -0.130. The summed E-state index contributed by atoms with van der Waals surface area (Å²) in [4.78, 5) is 0. The van der Waals surface area contributed by atoms with E-state index in [0.29, 0.717) is 19.6 Å². The highest BCUT2D eigenvalue weighted by Crippen LogP contribution is 2.31. The molecule has 14 heavy (non-hydrogen) atoms. The van der Waals surface area contributed by atoms with Gasteiger partial charge in [0, 0.05) is 13.1 Å². The number of nitrogens with two attached hydrogens (primary N) is 1. The predicted molar refractivity (Wildman–Crippen MR) is 57.4 cm³/mol. The standard InChI is InChI=1S/C9H20N2O2S/c1-8(2)14(12,13)11-5-4-9(3,6-10)7-11/h8H,4-7,10H2,1-3H3. The lowest BCUT2D eigenvalue weighted by Crippen LogP contribution is -2.37. The summed E-state index contributed by atoms with van der Waals surface area (Å²) < 4.78 is 25.2. The molecule has 1 aliphatic heterocycles. The lowest BCUT2D eigenvalue weighted by molar-refractivity contribution is 0.348. The maximum absolute atomic E-state index is 11.8. The van der Waals surface area contributed by atoms with Crippen LogP contribution in [0.2, 0.25) is 0 Å². The van der Waals surface area contributed by atoms with E-state index in [2.05, 4.69) is 0 Å². The normalized spacial score (nSPS) is 30.1. The van der Waals surface area contributed by atoms with Crippen LogP contribution in [-0.4, -0.2) is 37.6 Å². The monoisotopic (exact) mass is 220 g/mol. The smallest absolute Gasteiger partial charge is 0.216 e. The van der Waals surface area contributed by atoms with Crippen LogP contribution in [0.25, 0.3) is 0 Å². The first-order valence-corrected chi connectivity index (χ1v) is 6.51. The summed E-state index contributed by atoms with van der Waals surface area (Å²) in [5.74, 6) is 0. The number of sulfonamides is 1. The highest BCUT2D eigenvalue weighted by molar-refractivity contribution is 7.89. The molecule has 4 nitrogen and oxygen atoms in total. The second-order valence-electron chi connectivity index (χ2n) is 4.69. The molecule has 0 bridgehead atoms. The Labute approximate surface area is 86.5 Å². The van der Waals surface area contributed by atoms with Crippen molar-refractivity contribution in [2.24, 2.45) is 11.1 Å². The van der Waals surface area contributed by atoms with Gasteiger partial charge in [0.05, 0.1) is 5.25 Å². The Morgan fingerprint density at radius 3 is 2.43 bits per heavy atom. The Kier molecular flexibility index (Phi) is 3.23. The van der Waals surface area contributed by atoms with Gasteiger partial charge < -0.3 is 5.73 Å². The van der Waals surface area contributed by atoms with Gasteiger partial charge in [0.2, 0.25) is 10.0 Å². The van der Waals surface area contributed by atoms with Gasteiger partial charge in [-0.25, -0.2) is 12.7 Å².